The second-order valence-corrected chi connectivity index (χ2v) is 7.14. The van der Waals surface area contributed by atoms with Crippen LogP contribution >= 0.6 is 11.3 Å². The van der Waals surface area contributed by atoms with Crippen molar-refractivity contribution in [3.8, 4) is 0 Å². The number of fused-ring (bicyclic) bond motifs is 1. The average molecular weight is 385 g/mol. The molecule has 0 bridgehead atoms. The van der Waals surface area contributed by atoms with Crippen LogP contribution in [0.3, 0.4) is 0 Å². The van der Waals surface area contributed by atoms with E-state index in [9.17, 15) is 0 Å². The molecule has 2 aromatic heterocycles. The highest BCUT2D eigenvalue weighted by Gasteiger charge is 2.16. The Morgan fingerprint density at radius 2 is 2.41 bits per heavy atom. The molecule has 8 nitrogen and oxygen atoms in total. The Labute approximate surface area is 161 Å². The lowest BCUT2D eigenvalue weighted by atomic mass is 10.1. The van der Waals surface area contributed by atoms with E-state index in [0.717, 1.165) is 6.54 Å². The lowest BCUT2D eigenvalue weighted by Crippen LogP contribution is -2.13. The van der Waals surface area contributed by atoms with Crippen molar-refractivity contribution in [2.75, 3.05) is 24.2 Å². The van der Waals surface area contributed by atoms with Gasteiger partial charge in [-0.2, -0.15) is 0 Å². The first-order valence-electron chi connectivity index (χ1n) is 8.59. The predicted octanol–water partition coefficient (Wildman–Crippen LogP) is 1.94. The van der Waals surface area contributed by atoms with E-state index in [1.165, 1.54) is 27.7 Å². The Kier molecular flexibility index (Phi) is 6.05. The lowest BCUT2D eigenvalue weighted by molar-refractivity contribution is 0.298. The van der Waals surface area contributed by atoms with Gasteiger partial charge in [0.2, 0.25) is 0 Å². The predicted molar refractivity (Wildman–Crippen MR) is 111 cm³/mol. The summed E-state index contributed by atoms with van der Waals surface area (Å²) in [6.07, 6.45) is 8.38. The summed E-state index contributed by atoms with van der Waals surface area (Å²) in [5.41, 5.74) is 8.35. The highest BCUT2D eigenvalue weighted by Crippen LogP contribution is 2.32. The Morgan fingerprint density at radius 1 is 1.56 bits per heavy atom. The maximum atomic E-state index is 8.86. The average Bonchev–Trinajstić information content (AvgIpc) is 3.12. The van der Waals surface area contributed by atoms with Crippen LogP contribution in [-0.4, -0.2) is 34.4 Å². The number of nitrogen functional groups attached to an aromatic ring is 1. The first-order valence-corrected chi connectivity index (χ1v) is 9.41. The third kappa shape index (κ3) is 4.44. The van der Waals surface area contributed by atoms with Crippen LogP contribution in [0.25, 0.3) is 11.6 Å². The van der Waals surface area contributed by atoms with E-state index in [2.05, 4.69) is 45.0 Å². The summed E-state index contributed by atoms with van der Waals surface area (Å²) >= 11 is 1.74. The molecule has 1 aliphatic heterocycles. The minimum atomic E-state index is 0.00894. The smallest absolute Gasteiger partial charge is 0.170 e. The SMILES string of the molecule is CC(Nc1nc(/C(C=N)=C/NCCO)cnc1N)c1cc2c(s1)C=CNC2. The molecule has 0 amide bonds. The molecule has 2 aromatic rings. The number of anilines is 2. The van der Waals surface area contributed by atoms with Crippen LogP contribution in [0.15, 0.2) is 24.7 Å². The van der Waals surface area contributed by atoms with E-state index in [4.69, 9.17) is 16.2 Å². The van der Waals surface area contributed by atoms with Crippen molar-refractivity contribution in [2.45, 2.75) is 19.5 Å². The summed E-state index contributed by atoms with van der Waals surface area (Å²) in [6, 6.07) is 2.20. The van der Waals surface area contributed by atoms with E-state index >= 15 is 0 Å². The minimum absolute atomic E-state index is 0.00894. The van der Waals surface area contributed by atoms with E-state index in [0.29, 0.717) is 29.4 Å². The van der Waals surface area contributed by atoms with Crippen molar-refractivity contribution >= 4 is 40.8 Å². The van der Waals surface area contributed by atoms with Crippen molar-refractivity contribution in [2.24, 2.45) is 0 Å². The molecule has 1 atom stereocenters. The zero-order chi connectivity index (χ0) is 19.2. The number of rotatable bonds is 8. The quantitative estimate of drug-likeness (QED) is 0.302. The van der Waals surface area contributed by atoms with Gasteiger partial charge in [0.25, 0.3) is 0 Å². The molecule has 0 saturated heterocycles. The fourth-order valence-electron chi connectivity index (χ4n) is 2.62. The summed E-state index contributed by atoms with van der Waals surface area (Å²) in [7, 11) is 0. The number of thiophene rings is 1. The van der Waals surface area contributed by atoms with Crippen LogP contribution in [-0.2, 0) is 6.54 Å². The van der Waals surface area contributed by atoms with E-state index in [1.807, 2.05) is 6.20 Å². The molecule has 0 aliphatic carbocycles. The molecule has 27 heavy (non-hydrogen) atoms. The zero-order valence-electron chi connectivity index (χ0n) is 15.0. The maximum Gasteiger partial charge on any atom is 0.170 e. The molecule has 7 N–H and O–H groups in total. The molecule has 0 spiro atoms. The van der Waals surface area contributed by atoms with Crippen LogP contribution in [0.5, 0.6) is 0 Å². The number of nitrogens with zero attached hydrogens (tertiary/aromatic N) is 2. The zero-order valence-corrected chi connectivity index (χ0v) is 15.8. The normalized spacial score (nSPS) is 14.2. The van der Waals surface area contributed by atoms with Gasteiger partial charge < -0.3 is 32.2 Å². The first-order chi connectivity index (χ1) is 13.1. The maximum absolute atomic E-state index is 8.86. The molecule has 9 heteroatoms. The lowest BCUT2D eigenvalue weighted by Gasteiger charge is -2.15. The Hall–Kier alpha value is -2.91. The third-order valence-corrected chi connectivity index (χ3v) is 5.38. The van der Waals surface area contributed by atoms with Gasteiger partial charge in [-0.15, -0.1) is 11.3 Å². The van der Waals surface area contributed by atoms with Gasteiger partial charge >= 0.3 is 0 Å². The van der Waals surface area contributed by atoms with Gasteiger partial charge in [0.05, 0.1) is 24.5 Å². The summed E-state index contributed by atoms with van der Waals surface area (Å²) in [5.74, 6) is 0.788. The number of allylic oxidation sites excluding steroid dienone is 1. The Balaban J connectivity index is 1.79. The van der Waals surface area contributed by atoms with Crippen LogP contribution in [0, 0.1) is 5.41 Å². The number of aliphatic hydroxyl groups is 1. The van der Waals surface area contributed by atoms with Crippen molar-refractivity contribution in [3.05, 3.63) is 45.7 Å². The van der Waals surface area contributed by atoms with E-state index in [-0.39, 0.29) is 12.6 Å². The number of nitrogens with one attached hydrogen (secondary N) is 4. The minimum Gasteiger partial charge on any atom is -0.395 e. The number of aromatic nitrogens is 2. The molecule has 0 radical (unpaired) electrons. The third-order valence-electron chi connectivity index (χ3n) is 4.05. The van der Waals surface area contributed by atoms with E-state index < -0.39 is 0 Å². The molecule has 1 unspecified atom stereocenters. The van der Waals surface area contributed by atoms with Gasteiger partial charge in [0.1, 0.15) is 0 Å². The molecule has 0 fully saturated rings. The summed E-state index contributed by atoms with van der Waals surface area (Å²) in [4.78, 5) is 11.2. The summed E-state index contributed by atoms with van der Waals surface area (Å²) < 4.78 is 0. The van der Waals surface area contributed by atoms with Gasteiger partial charge in [0, 0.05) is 40.8 Å². The molecule has 0 saturated carbocycles. The van der Waals surface area contributed by atoms with Crippen LogP contribution in [0.1, 0.15) is 34.0 Å². The van der Waals surface area contributed by atoms with Crippen LogP contribution in [0.4, 0.5) is 11.6 Å². The standard InChI is InChI=1S/C18H23N7OS/c1-11(16-6-12-8-21-3-2-15(12)27-16)24-18-17(20)23-10-14(25-18)13(7-19)9-22-4-5-26/h2-3,6-7,9-11,19,21-22,26H,4-5,8H2,1H3,(H2,20,23)(H,24,25)/b13-9+,19-7?. The second kappa shape index (κ2) is 8.65. The van der Waals surface area contributed by atoms with Gasteiger partial charge in [0.15, 0.2) is 11.6 Å². The van der Waals surface area contributed by atoms with Crippen molar-refractivity contribution in [1.29, 1.82) is 5.41 Å². The van der Waals surface area contributed by atoms with Crippen molar-refractivity contribution in [1.82, 2.24) is 20.6 Å². The second-order valence-electron chi connectivity index (χ2n) is 6.03. The van der Waals surface area contributed by atoms with E-state index in [1.54, 1.807) is 17.5 Å². The van der Waals surface area contributed by atoms with Gasteiger partial charge in [-0.1, -0.05) is 0 Å². The molecule has 142 valence electrons. The highest BCUT2D eigenvalue weighted by atomic mass is 32.1. The van der Waals surface area contributed by atoms with Gasteiger partial charge in [-0.05, 0) is 30.8 Å². The molecule has 0 aromatic carbocycles. The van der Waals surface area contributed by atoms with Gasteiger partial charge in [-0.3, -0.25) is 0 Å². The Morgan fingerprint density at radius 3 is 3.15 bits per heavy atom. The fraction of sp³-hybridized carbons (Fsp3) is 0.278. The topological polar surface area (TPSA) is 132 Å². The van der Waals surface area contributed by atoms with Crippen molar-refractivity contribution in [3.63, 3.8) is 0 Å². The molecule has 3 heterocycles. The molecule has 1 aliphatic rings. The van der Waals surface area contributed by atoms with Crippen LogP contribution < -0.4 is 21.7 Å². The monoisotopic (exact) mass is 385 g/mol. The first kappa shape index (κ1) is 18.9. The molecular weight excluding hydrogens is 362 g/mol. The summed E-state index contributed by atoms with van der Waals surface area (Å²) in [5, 5.41) is 25.9. The highest BCUT2D eigenvalue weighted by molar-refractivity contribution is 7.13. The van der Waals surface area contributed by atoms with Crippen LogP contribution in [0.2, 0.25) is 0 Å². The molecular formula is C18H23N7OS. The number of hydrogen-bond acceptors (Lipinski definition) is 9. The largest absolute Gasteiger partial charge is 0.395 e. The summed E-state index contributed by atoms with van der Waals surface area (Å²) in [6.45, 7) is 3.29. The number of hydrogen-bond donors (Lipinski definition) is 6. The Bertz CT molecular complexity index is 875. The van der Waals surface area contributed by atoms with Gasteiger partial charge in [-0.25, -0.2) is 9.97 Å². The number of nitrogens with two attached hydrogens (primary N) is 1. The fourth-order valence-corrected chi connectivity index (χ4v) is 3.71. The van der Waals surface area contributed by atoms with Crippen molar-refractivity contribution < 1.29 is 5.11 Å². The molecule has 3 rings (SSSR count). The number of aliphatic hydroxyl groups excluding tert-OH is 1.